The van der Waals surface area contributed by atoms with Crippen LogP contribution in [0.1, 0.15) is 56.9 Å². The van der Waals surface area contributed by atoms with Crippen LogP contribution in [0, 0.1) is 11.3 Å². The molecule has 1 aromatic carbocycles. The molecule has 1 unspecified atom stereocenters. The zero-order valence-corrected chi connectivity index (χ0v) is 13.8. The molecule has 0 spiro atoms. The van der Waals surface area contributed by atoms with Crippen molar-refractivity contribution in [2.24, 2.45) is 11.3 Å². The van der Waals surface area contributed by atoms with Gasteiger partial charge in [0, 0.05) is 6.54 Å². The number of hydrogen-bond donors (Lipinski definition) is 1. The van der Waals surface area contributed by atoms with Crippen LogP contribution in [0.25, 0.3) is 0 Å². The second-order valence-electron chi connectivity index (χ2n) is 6.80. The highest BCUT2D eigenvalue weighted by atomic mass is 35.5. The van der Waals surface area contributed by atoms with Crippen molar-refractivity contribution in [2.45, 2.75) is 51.3 Å². The van der Waals surface area contributed by atoms with E-state index in [0.29, 0.717) is 5.92 Å². The van der Waals surface area contributed by atoms with Gasteiger partial charge in [0.05, 0.1) is 0 Å². The van der Waals surface area contributed by atoms with Crippen LogP contribution in [0.3, 0.4) is 0 Å². The lowest BCUT2D eigenvalue weighted by atomic mass is 9.78. The molecule has 1 aliphatic carbocycles. The van der Waals surface area contributed by atoms with Gasteiger partial charge in [-0.05, 0) is 36.2 Å². The minimum Gasteiger partial charge on any atom is -0.354 e. The monoisotopic (exact) mass is 307 g/mol. The maximum Gasteiger partial charge on any atom is 0.242 e. The predicted molar refractivity (Wildman–Crippen MR) is 88.4 cm³/mol. The van der Waals surface area contributed by atoms with E-state index in [9.17, 15) is 4.79 Å². The van der Waals surface area contributed by atoms with Crippen molar-refractivity contribution >= 4 is 17.5 Å². The highest BCUT2D eigenvalue weighted by Crippen LogP contribution is 2.42. The molecular weight excluding hydrogens is 282 g/mol. The van der Waals surface area contributed by atoms with Gasteiger partial charge in [-0.15, -0.1) is 11.6 Å². The SMILES string of the molecule is CC(C)CC1(CNC(=O)C(Cl)c2ccccc2)CCCC1. The fourth-order valence-electron chi connectivity index (χ4n) is 3.58. The van der Waals surface area contributed by atoms with Gasteiger partial charge in [0.15, 0.2) is 0 Å². The summed E-state index contributed by atoms with van der Waals surface area (Å²) in [5.74, 6) is 0.596. The Morgan fingerprint density at radius 1 is 1.24 bits per heavy atom. The molecule has 1 saturated carbocycles. The molecule has 1 aliphatic rings. The molecule has 0 aromatic heterocycles. The average molecular weight is 308 g/mol. The largest absolute Gasteiger partial charge is 0.354 e. The van der Waals surface area contributed by atoms with Gasteiger partial charge in [-0.2, -0.15) is 0 Å². The predicted octanol–water partition coefficient (Wildman–Crippen LogP) is 4.69. The first-order valence-corrected chi connectivity index (χ1v) is 8.43. The summed E-state index contributed by atoms with van der Waals surface area (Å²) < 4.78 is 0. The van der Waals surface area contributed by atoms with Gasteiger partial charge >= 0.3 is 0 Å². The Kier molecular flexibility index (Phi) is 5.69. The molecule has 0 bridgehead atoms. The second kappa shape index (κ2) is 7.31. The fourth-order valence-corrected chi connectivity index (χ4v) is 3.80. The zero-order valence-electron chi connectivity index (χ0n) is 13.1. The molecule has 3 heteroatoms. The number of nitrogens with one attached hydrogen (secondary N) is 1. The number of halogens is 1. The minimum atomic E-state index is -0.594. The fraction of sp³-hybridized carbons (Fsp3) is 0.611. The topological polar surface area (TPSA) is 29.1 Å². The molecular formula is C18H26ClNO. The van der Waals surface area contributed by atoms with Gasteiger partial charge in [-0.25, -0.2) is 0 Å². The van der Waals surface area contributed by atoms with Gasteiger partial charge in [0.2, 0.25) is 5.91 Å². The number of rotatable bonds is 6. The third-order valence-electron chi connectivity index (χ3n) is 4.47. The normalized spacial score (nSPS) is 18.7. The summed E-state index contributed by atoms with van der Waals surface area (Å²) in [6, 6.07) is 9.55. The smallest absolute Gasteiger partial charge is 0.242 e. The van der Waals surface area contributed by atoms with Crippen LogP contribution in [-0.4, -0.2) is 12.5 Å². The van der Waals surface area contributed by atoms with Crippen molar-refractivity contribution in [2.75, 3.05) is 6.54 Å². The number of amides is 1. The van der Waals surface area contributed by atoms with Crippen LogP contribution >= 0.6 is 11.6 Å². The maximum absolute atomic E-state index is 12.3. The first-order chi connectivity index (χ1) is 10.0. The van der Waals surface area contributed by atoms with E-state index in [1.165, 1.54) is 32.1 Å². The van der Waals surface area contributed by atoms with Gasteiger partial charge in [0.25, 0.3) is 0 Å². The summed E-state index contributed by atoms with van der Waals surface area (Å²) in [7, 11) is 0. The van der Waals surface area contributed by atoms with Crippen LogP contribution < -0.4 is 5.32 Å². The van der Waals surface area contributed by atoms with E-state index >= 15 is 0 Å². The number of carbonyl (C=O) groups excluding carboxylic acids is 1. The van der Waals surface area contributed by atoms with E-state index in [2.05, 4.69) is 19.2 Å². The average Bonchev–Trinajstić information content (AvgIpc) is 2.93. The van der Waals surface area contributed by atoms with Crippen LogP contribution in [0.15, 0.2) is 30.3 Å². The summed E-state index contributed by atoms with van der Waals surface area (Å²) in [4.78, 5) is 12.3. The van der Waals surface area contributed by atoms with Gasteiger partial charge < -0.3 is 5.32 Å². The van der Waals surface area contributed by atoms with Crippen molar-refractivity contribution in [1.82, 2.24) is 5.32 Å². The Morgan fingerprint density at radius 2 is 1.86 bits per heavy atom. The Morgan fingerprint density at radius 3 is 2.43 bits per heavy atom. The molecule has 116 valence electrons. The molecule has 1 N–H and O–H groups in total. The standard InChI is InChI=1S/C18H26ClNO/c1-14(2)12-18(10-6-7-11-18)13-20-17(21)16(19)15-8-4-3-5-9-15/h3-5,8-9,14,16H,6-7,10-13H2,1-2H3,(H,20,21). The zero-order chi connectivity index (χ0) is 15.3. The van der Waals surface area contributed by atoms with E-state index in [-0.39, 0.29) is 11.3 Å². The van der Waals surface area contributed by atoms with E-state index in [1.54, 1.807) is 0 Å². The summed E-state index contributed by atoms with van der Waals surface area (Å²) >= 11 is 6.28. The maximum atomic E-state index is 12.3. The quantitative estimate of drug-likeness (QED) is 0.759. The second-order valence-corrected chi connectivity index (χ2v) is 7.23. The van der Waals surface area contributed by atoms with Gasteiger partial charge in [0.1, 0.15) is 5.38 Å². The van der Waals surface area contributed by atoms with Crippen molar-refractivity contribution in [1.29, 1.82) is 0 Å². The van der Waals surface area contributed by atoms with Crippen molar-refractivity contribution in [3.63, 3.8) is 0 Å². The van der Waals surface area contributed by atoms with Gasteiger partial charge in [-0.3, -0.25) is 4.79 Å². The van der Waals surface area contributed by atoms with E-state index in [4.69, 9.17) is 11.6 Å². The molecule has 0 radical (unpaired) electrons. The van der Waals surface area contributed by atoms with Crippen LogP contribution in [0.5, 0.6) is 0 Å². The summed E-state index contributed by atoms with van der Waals surface area (Å²) in [5.41, 5.74) is 1.15. The van der Waals surface area contributed by atoms with Crippen LogP contribution in [0.4, 0.5) is 0 Å². The Balaban J connectivity index is 1.93. The molecule has 21 heavy (non-hydrogen) atoms. The van der Waals surface area contributed by atoms with E-state index in [1.807, 2.05) is 30.3 Å². The van der Waals surface area contributed by atoms with Crippen LogP contribution in [-0.2, 0) is 4.79 Å². The molecule has 1 fully saturated rings. The number of hydrogen-bond acceptors (Lipinski definition) is 1. The lowest BCUT2D eigenvalue weighted by Gasteiger charge is -2.31. The molecule has 0 saturated heterocycles. The molecule has 1 atom stereocenters. The van der Waals surface area contributed by atoms with Crippen molar-refractivity contribution in [3.8, 4) is 0 Å². The highest BCUT2D eigenvalue weighted by molar-refractivity contribution is 6.30. The summed E-state index contributed by atoms with van der Waals surface area (Å²) in [6.07, 6.45) is 6.20. The van der Waals surface area contributed by atoms with Crippen molar-refractivity contribution in [3.05, 3.63) is 35.9 Å². The number of benzene rings is 1. The highest BCUT2D eigenvalue weighted by Gasteiger charge is 2.35. The Hall–Kier alpha value is -1.02. The van der Waals surface area contributed by atoms with Crippen molar-refractivity contribution < 1.29 is 4.79 Å². The molecule has 1 aromatic rings. The Labute approximate surface area is 133 Å². The third kappa shape index (κ3) is 4.47. The van der Waals surface area contributed by atoms with Gasteiger partial charge in [-0.1, -0.05) is 57.0 Å². The first kappa shape index (κ1) is 16.4. The molecule has 0 heterocycles. The molecule has 1 amide bonds. The number of alkyl halides is 1. The first-order valence-electron chi connectivity index (χ1n) is 7.99. The number of carbonyl (C=O) groups is 1. The molecule has 0 aliphatic heterocycles. The van der Waals surface area contributed by atoms with Crippen LogP contribution in [0.2, 0.25) is 0 Å². The third-order valence-corrected chi connectivity index (χ3v) is 4.92. The van der Waals surface area contributed by atoms with E-state index in [0.717, 1.165) is 12.1 Å². The molecule has 2 rings (SSSR count). The van der Waals surface area contributed by atoms with E-state index < -0.39 is 5.38 Å². The lowest BCUT2D eigenvalue weighted by molar-refractivity contribution is -0.121. The lowest BCUT2D eigenvalue weighted by Crippen LogP contribution is -2.38. The Bertz CT molecular complexity index is 452. The molecule has 2 nitrogen and oxygen atoms in total. The summed E-state index contributed by atoms with van der Waals surface area (Å²) in [6.45, 7) is 5.28. The minimum absolute atomic E-state index is 0.0714. The summed E-state index contributed by atoms with van der Waals surface area (Å²) in [5, 5.41) is 2.50.